The molecule has 0 bridgehead atoms. The van der Waals surface area contributed by atoms with Crippen LogP contribution in [0.5, 0.6) is 5.75 Å². The second kappa shape index (κ2) is 7.65. The van der Waals surface area contributed by atoms with Gasteiger partial charge in [0.2, 0.25) is 0 Å². The number of hydrogen-bond donors (Lipinski definition) is 0. The summed E-state index contributed by atoms with van der Waals surface area (Å²) in [6, 6.07) is 7.65. The molecular weight excluding hydrogens is 320 g/mol. The lowest BCUT2D eigenvalue weighted by Gasteiger charge is -2.23. The molecule has 25 heavy (non-hydrogen) atoms. The van der Waals surface area contributed by atoms with Crippen LogP contribution in [0.3, 0.4) is 0 Å². The van der Waals surface area contributed by atoms with Gasteiger partial charge < -0.3 is 18.9 Å². The summed E-state index contributed by atoms with van der Waals surface area (Å²) in [6.07, 6.45) is 3.21. The van der Waals surface area contributed by atoms with E-state index in [0.717, 1.165) is 23.6 Å². The lowest BCUT2D eigenvalue weighted by atomic mass is 10.1. The Kier molecular flexibility index (Phi) is 5.33. The number of amides is 1. The number of nitrogens with zero attached hydrogens (tertiary/aromatic N) is 4. The molecule has 1 aliphatic heterocycles. The van der Waals surface area contributed by atoms with Gasteiger partial charge in [0, 0.05) is 27.1 Å². The maximum Gasteiger partial charge on any atom is 0.261 e. The third-order valence-corrected chi connectivity index (χ3v) is 4.67. The van der Waals surface area contributed by atoms with Crippen LogP contribution in [0.4, 0.5) is 0 Å². The number of aromatic nitrogens is 3. The van der Waals surface area contributed by atoms with Gasteiger partial charge in [0.25, 0.3) is 5.91 Å². The smallest absolute Gasteiger partial charge is 0.261 e. The van der Waals surface area contributed by atoms with E-state index in [2.05, 4.69) is 17.1 Å². The molecular formula is C18H24N4O3. The molecule has 0 spiro atoms. The summed E-state index contributed by atoms with van der Waals surface area (Å²) >= 11 is 0. The lowest BCUT2D eigenvalue weighted by Crippen LogP contribution is -2.36. The number of aryl methyl sites for hydroxylation is 2. The molecule has 134 valence electrons. The molecule has 2 aromatic rings. The van der Waals surface area contributed by atoms with Gasteiger partial charge in [-0.05, 0) is 18.1 Å². The summed E-state index contributed by atoms with van der Waals surface area (Å²) in [5, 5.41) is 8.10. The monoisotopic (exact) mass is 344 g/mol. The number of carbonyl (C=O) groups excluding carboxylic acids is 1. The number of rotatable bonds is 6. The van der Waals surface area contributed by atoms with E-state index in [9.17, 15) is 4.79 Å². The van der Waals surface area contributed by atoms with Gasteiger partial charge in [-0.2, -0.15) is 0 Å². The SMILES string of the molecule is CCc1ccccc1OCC(=O)N1C[C@@H](OC)C[C@@H]1c1nncn1C. The van der Waals surface area contributed by atoms with Crippen molar-refractivity contribution in [1.29, 1.82) is 0 Å². The van der Waals surface area contributed by atoms with Crippen molar-refractivity contribution in [3.8, 4) is 5.75 Å². The lowest BCUT2D eigenvalue weighted by molar-refractivity contribution is -0.134. The second-order valence-electron chi connectivity index (χ2n) is 6.21. The van der Waals surface area contributed by atoms with Gasteiger partial charge >= 0.3 is 0 Å². The van der Waals surface area contributed by atoms with Crippen LogP contribution in [0.15, 0.2) is 30.6 Å². The zero-order chi connectivity index (χ0) is 17.8. The Hall–Kier alpha value is -2.41. The third-order valence-electron chi connectivity index (χ3n) is 4.67. The van der Waals surface area contributed by atoms with Crippen LogP contribution < -0.4 is 4.74 Å². The minimum Gasteiger partial charge on any atom is -0.483 e. The molecule has 1 amide bonds. The van der Waals surface area contributed by atoms with Crippen molar-refractivity contribution in [3.63, 3.8) is 0 Å². The molecule has 0 unspecified atom stereocenters. The normalized spacial score (nSPS) is 20.0. The number of carbonyl (C=O) groups is 1. The van der Waals surface area contributed by atoms with Crippen molar-refractivity contribution in [1.82, 2.24) is 19.7 Å². The molecule has 0 saturated carbocycles. The number of para-hydroxylation sites is 1. The fourth-order valence-corrected chi connectivity index (χ4v) is 3.24. The van der Waals surface area contributed by atoms with E-state index in [1.807, 2.05) is 35.9 Å². The van der Waals surface area contributed by atoms with E-state index in [-0.39, 0.29) is 24.7 Å². The van der Waals surface area contributed by atoms with E-state index < -0.39 is 0 Å². The molecule has 7 heteroatoms. The Morgan fingerprint density at radius 3 is 2.84 bits per heavy atom. The second-order valence-corrected chi connectivity index (χ2v) is 6.21. The maximum absolute atomic E-state index is 12.8. The molecule has 1 saturated heterocycles. The molecule has 0 aliphatic carbocycles. The minimum atomic E-state index is -0.144. The van der Waals surface area contributed by atoms with Gasteiger partial charge in [0.15, 0.2) is 12.4 Å². The predicted molar refractivity (Wildman–Crippen MR) is 92.2 cm³/mol. The van der Waals surface area contributed by atoms with Crippen LogP contribution in [0.25, 0.3) is 0 Å². The first kappa shape index (κ1) is 17.4. The van der Waals surface area contributed by atoms with Crippen molar-refractivity contribution in [2.24, 2.45) is 7.05 Å². The van der Waals surface area contributed by atoms with Crippen molar-refractivity contribution < 1.29 is 14.3 Å². The summed E-state index contributed by atoms with van der Waals surface area (Å²) in [6.45, 7) is 2.60. The highest BCUT2D eigenvalue weighted by Gasteiger charge is 2.38. The number of likely N-dealkylation sites (tertiary alicyclic amines) is 1. The summed E-state index contributed by atoms with van der Waals surface area (Å²) in [4.78, 5) is 14.6. The summed E-state index contributed by atoms with van der Waals surface area (Å²) in [5.74, 6) is 1.45. The maximum atomic E-state index is 12.8. The van der Waals surface area contributed by atoms with E-state index in [1.54, 1.807) is 18.3 Å². The number of benzene rings is 1. The Balaban J connectivity index is 1.72. The van der Waals surface area contributed by atoms with Crippen LogP contribution in [-0.2, 0) is 23.0 Å². The number of hydrogen-bond acceptors (Lipinski definition) is 5. The molecule has 1 fully saturated rings. The largest absolute Gasteiger partial charge is 0.483 e. The molecule has 2 heterocycles. The van der Waals surface area contributed by atoms with E-state index >= 15 is 0 Å². The highest BCUT2D eigenvalue weighted by molar-refractivity contribution is 5.78. The van der Waals surface area contributed by atoms with Crippen LogP contribution in [0, 0.1) is 0 Å². The van der Waals surface area contributed by atoms with Crippen molar-refractivity contribution in [3.05, 3.63) is 42.0 Å². The highest BCUT2D eigenvalue weighted by atomic mass is 16.5. The molecule has 0 radical (unpaired) electrons. The molecule has 1 aromatic heterocycles. The van der Waals surface area contributed by atoms with Gasteiger partial charge in [-0.15, -0.1) is 10.2 Å². The van der Waals surface area contributed by atoms with Gasteiger partial charge in [0.1, 0.15) is 12.1 Å². The van der Waals surface area contributed by atoms with Crippen LogP contribution >= 0.6 is 0 Å². The van der Waals surface area contributed by atoms with Crippen molar-refractivity contribution in [2.45, 2.75) is 31.9 Å². The molecule has 3 rings (SSSR count). The first-order chi connectivity index (χ1) is 12.1. The van der Waals surface area contributed by atoms with Crippen LogP contribution in [0.1, 0.15) is 30.8 Å². The quantitative estimate of drug-likeness (QED) is 0.798. The van der Waals surface area contributed by atoms with Crippen LogP contribution in [0.2, 0.25) is 0 Å². The number of methoxy groups -OCH3 is 1. The predicted octanol–water partition coefficient (Wildman–Crippen LogP) is 1.74. The first-order valence-corrected chi connectivity index (χ1v) is 8.50. The van der Waals surface area contributed by atoms with Gasteiger partial charge in [-0.3, -0.25) is 4.79 Å². The molecule has 1 aromatic carbocycles. The topological polar surface area (TPSA) is 69.5 Å². The van der Waals surface area contributed by atoms with Crippen molar-refractivity contribution in [2.75, 3.05) is 20.3 Å². The molecule has 2 atom stereocenters. The highest BCUT2D eigenvalue weighted by Crippen LogP contribution is 2.32. The van der Waals surface area contributed by atoms with Gasteiger partial charge in [0.05, 0.1) is 12.1 Å². The third kappa shape index (κ3) is 3.66. The Morgan fingerprint density at radius 2 is 2.16 bits per heavy atom. The molecule has 0 N–H and O–H groups in total. The summed E-state index contributed by atoms with van der Waals surface area (Å²) in [5.41, 5.74) is 1.09. The zero-order valence-corrected chi connectivity index (χ0v) is 14.9. The van der Waals surface area contributed by atoms with E-state index in [0.29, 0.717) is 13.0 Å². The first-order valence-electron chi connectivity index (χ1n) is 8.50. The zero-order valence-electron chi connectivity index (χ0n) is 14.9. The van der Waals surface area contributed by atoms with Crippen molar-refractivity contribution >= 4 is 5.91 Å². The Morgan fingerprint density at radius 1 is 1.36 bits per heavy atom. The molecule has 1 aliphatic rings. The van der Waals surface area contributed by atoms with E-state index in [4.69, 9.17) is 9.47 Å². The standard InChI is InChI=1S/C18H24N4O3/c1-4-13-7-5-6-8-16(13)25-11-17(23)22-10-14(24-3)9-15(22)18-20-19-12-21(18)2/h5-8,12,14-15H,4,9-11H2,1-3H3/t14-,15+/m0/s1. The molecule has 7 nitrogen and oxygen atoms in total. The fourth-order valence-electron chi connectivity index (χ4n) is 3.24. The Bertz CT molecular complexity index is 731. The fraction of sp³-hybridized carbons (Fsp3) is 0.500. The van der Waals surface area contributed by atoms with E-state index in [1.165, 1.54) is 0 Å². The van der Waals surface area contributed by atoms with Gasteiger partial charge in [-0.25, -0.2) is 0 Å². The van der Waals surface area contributed by atoms with Gasteiger partial charge in [-0.1, -0.05) is 25.1 Å². The average Bonchev–Trinajstić information content (AvgIpc) is 3.25. The number of ether oxygens (including phenoxy) is 2. The van der Waals surface area contributed by atoms with Crippen LogP contribution in [-0.4, -0.2) is 51.9 Å². The average molecular weight is 344 g/mol. The minimum absolute atomic E-state index is 0.00178. The summed E-state index contributed by atoms with van der Waals surface area (Å²) in [7, 11) is 3.55. The summed E-state index contributed by atoms with van der Waals surface area (Å²) < 4.78 is 13.1. The Labute approximate surface area is 147 Å².